The van der Waals surface area contributed by atoms with E-state index in [1.165, 1.54) is 16.2 Å². The van der Waals surface area contributed by atoms with Gasteiger partial charge in [0.25, 0.3) is 0 Å². The van der Waals surface area contributed by atoms with Gasteiger partial charge in [-0.1, -0.05) is 291 Å². The van der Waals surface area contributed by atoms with Crippen LogP contribution in [-0.2, 0) is 0 Å². The zero-order valence-electron chi connectivity index (χ0n) is 44.9. The molecule has 0 spiro atoms. The Morgan fingerprint density at radius 1 is 0.171 bits per heavy atom. The minimum atomic E-state index is 0. The number of fused-ring (bicyclic) bond motifs is 6. The van der Waals surface area contributed by atoms with Crippen LogP contribution in [0.5, 0.6) is 17.2 Å². The molecule has 3 N–H and O–H groups in total. The summed E-state index contributed by atoms with van der Waals surface area (Å²) < 4.78 is 0. The third-order valence-corrected chi connectivity index (χ3v) is 15.5. The lowest BCUT2D eigenvalue weighted by molar-refractivity contribution is 0.479. The second-order valence-electron chi connectivity index (χ2n) is 20.3. The van der Waals surface area contributed by atoms with E-state index in [2.05, 4.69) is 146 Å². The van der Waals surface area contributed by atoms with E-state index in [-0.39, 0.29) is 17.4 Å². The van der Waals surface area contributed by atoms with Crippen LogP contribution in [-0.4, -0.2) is 32.7 Å². The Bertz CT molecular complexity index is 4290. The summed E-state index contributed by atoms with van der Waals surface area (Å²) in [6.45, 7) is 0. The normalized spacial score (nSPS) is 11.0. The average Bonchev–Trinajstić information content (AvgIpc) is 3.70. The van der Waals surface area contributed by atoms with E-state index in [4.69, 9.17) is 0 Å². The van der Waals surface area contributed by atoms with E-state index in [1.807, 2.05) is 164 Å². The van der Waals surface area contributed by atoms with Crippen LogP contribution in [0.1, 0.15) is 0 Å². The molecule has 15 aromatic rings. The average molecular weight is 1070 g/mol. The van der Waals surface area contributed by atoms with E-state index < -0.39 is 0 Å². The van der Waals surface area contributed by atoms with E-state index in [0.29, 0.717) is 17.2 Å². The SMILES string of the molecule is Oc1c(-c2ccccc2)cc2ccccc2c1-c1cccc2ccccc12.Oc1c(-c2ccccc2)cc2ccccc2c1-c1cccc2ccccc12.Oc1c(-c2ccccc2)cc2ccccc2c1-c1cccc2ccccc12.[Al]. The molecule has 15 aromatic carbocycles. The lowest BCUT2D eigenvalue weighted by atomic mass is 9.89. The molecule has 0 saturated carbocycles. The molecule has 3 nitrogen and oxygen atoms in total. The van der Waals surface area contributed by atoms with Gasteiger partial charge in [0.1, 0.15) is 17.2 Å². The summed E-state index contributed by atoms with van der Waals surface area (Å²) in [5, 5.41) is 47.6. The summed E-state index contributed by atoms with van der Waals surface area (Å²) >= 11 is 0. The molecule has 0 fully saturated rings. The number of hydrogen-bond donors (Lipinski definition) is 3. The molecule has 0 aliphatic rings. The Hall–Kier alpha value is -10.2. The number of benzene rings is 15. The zero-order valence-corrected chi connectivity index (χ0v) is 46.0. The summed E-state index contributed by atoms with van der Waals surface area (Å²) in [7, 11) is 0. The lowest BCUT2D eigenvalue weighted by Gasteiger charge is -2.16. The van der Waals surface area contributed by atoms with E-state index in [9.17, 15) is 15.3 Å². The number of phenols is 3. The number of rotatable bonds is 6. The molecule has 0 atom stereocenters. The molecule has 3 radical (unpaired) electrons. The van der Waals surface area contributed by atoms with Gasteiger partial charge in [0.2, 0.25) is 0 Å². The van der Waals surface area contributed by atoms with E-state index in [1.54, 1.807) is 0 Å². The molecule has 0 bridgehead atoms. The summed E-state index contributed by atoms with van der Waals surface area (Å²) in [5.74, 6) is 0.990. The number of hydrogen-bond acceptors (Lipinski definition) is 3. The fourth-order valence-electron chi connectivity index (χ4n) is 11.7. The monoisotopic (exact) mass is 1070 g/mol. The van der Waals surface area contributed by atoms with Crippen molar-refractivity contribution in [2.75, 3.05) is 0 Å². The lowest BCUT2D eigenvalue weighted by Crippen LogP contribution is -1.89. The quantitative estimate of drug-likeness (QED) is 0.145. The van der Waals surface area contributed by atoms with Crippen LogP contribution in [0.2, 0.25) is 0 Å². The van der Waals surface area contributed by atoms with Gasteiger partial charge in [0.15, 0.2) is 0 Å². The molecule has 0 aliphatic carbocycles. The maximum atomic E-state index is 11.4. The van der Waals surface area contributed by atoms with Crippen molar-refractivity contribution >= 4 is 82.0 Å². The van der Waals surface area contributed by atoms with Crippen LogP contribution in [0.3, 0.4) is 0 Å². The Balaban J connectivity index is 0.000000121. The first-order chi connectivity index (χ1) is 40.0. The molecular formula is C78H54AlO3. The van der Waals surface area contributed by atoms with Gasteiger partial charge in [-0.25, -0.2) is 0 Å². The van der Waals surface area contributed by atoms with Crippen molar-refractivity contribution < 1.29 is 15.3 Å². The molecule has 0 saturated heterocycles. The van der Waals surface area contributed by atoms with Crippen LogP contribution in [0.4, 0.5) is 0 Å². The van der Waals surface area contributed by atoms with Gasteiger partial charge in [0.05, 0.1) is 0 Å². The van der Waals surface area contributed by atoms with Crippen LogP contribution in [0.25, 0.3) is 131 Å². The summed E-state index contributed by atoms with van der Waals surface area (Å²) in [5.41, 5.74) is 11.5. The van der Waals surface area contributed by atoms with Crippen molar-refractivity contribution in [1.82, 2.24) is 0 Å². The molecule has 4 heteroatoms. The Kier molecular flexibility index (Phi) is 14.9. The van der Waals surface area contributed by atoms with Crippen molar-refractivity contribution in [2.24, 2.45) is 0 Å². The molecule has 0 heterocycles. The van der Waals surface area contributed by atoms with Gasteiger partial charge >= 0.3 is 0 Å². The number of phenolic OH excluding ortho intramolecular Hbond substituents is 3. The Labute approximate surface area is 487 Å². The fourth-order valence-corrected chi connectivity index (χ4v) is 11.7. The molecule has 15 rings (SSSR count). The molecule has 387 valence electrons. The Morgan fingerprint density at radius 2 is 0.378 bits per heavy atom. The molecule has 0 amide bonds. The summed E-state index contributed by atoms with van der Waals surface area (Å²) in [6, 6.07) is 105. The van der Waals surface area contributed by atoms with Gasteiger partial charge in [0, 0.05) is 50.7 Å². The third kappa shape index (κ3) is 9.99. The standard InChI is InChI=1S/3C26H18O.Al/c3*27-26-24(19-9-2-1-3-10-19)17-20-12-5-7-15-22(20)25(26)23-16-8-13-18-11-4-6-14-21(18)23;/h3*1-17,27H;. The second kappa shape index (κ2) is 23.2. The second-order valence-corrected chi connectivity index (χ2v) is 20.3. The minimum absolute atomic E-state index is 0. The number of aromatic hydroxyl groups is 3. The van der Waals surface area contributed by atoms with E-state index in [0.717, 1.165) is 115 Å². The first-order valence-corrected chi connectivity index (χ1v) is 27.3. The highest BCUT2D eigenvalue weighted by Gasteiger charge is 2.21. The smallest absolute Gasteiger partial charge is 0.131 e. The van der Waals surface area contributed by atoms with Crippen molar-refractivity contribution in [3.63, 3.8) is 0 Å². The highest BCUT2D eigenvalue weighted by atomic mass is 27.0. The highest BCUT2D eigenvalue weighted by Crippen LogP contribution is 2.49. The predicted molar refractivity (Wildman–Crippen MR) is 348 cm³/mol. The zero-order chi connectivity index (χ0) is 54.7. The molecule has 0 unspecified atom stereocenters. The maximum absolute atomic E-state index is 11.4. The molecule has 82 heavy (non-hydrogen) atoms. The van der Waals surface area contributed by atoms with Crippen molar-refractivity contribution in [2.45, 2.75) is 0 Å². The Morgan fingerprint density at radius 3 is 0.646 bits per heavy atom. The first-order valence-electron chi connectivity index (χ1n) is 27.3. The van der Waals surface area contributed by atoms with E-state index >= 15 is 0 Å². The fraction of sp³-hybridized carbons (Fsp3) is 0. The van der Waals surface area contributed by atoms with Crippen LogP contribution < -0.4 is 0 Å². The van der Waals surface area contributed by atoms with Gasteiger partial charge in [-0.15, -0.1) is 0 Å². The van der Waals surface area contributed by atoms with Crippen molar-refractivity contribution in [1.29, 1.82) is 0 Å². The van der Waals surface area contributed by atoms with Crippen LogP contribution in [0.15, 0.2) is 309 Å². The van der Waals surface area contributed by atoms with Gasteiger partial charge in [-0.05, 0) is 116 Å². The molecule has 0 aliphatic heterocycles. The van der Waals surface area contributed by atoms with Gasteiger partial charge in [-0.2, -0.15) is 0 Å². The van der Waals surface area contributed by atoms with Gasteiger partial charge in [-0.3, -0.25) is 0 Å². The highest BCUT2D eigenvalue weighted by molar-refractivity contribution is 6.13. The first kappa shape index (κ1) is 52.5. The maximum Gasteiger partial charge on any atom is 0.131 e. The molecule has 0 aromatic heterocycles. The van der Waals surface area contributed by atoms with Crippen molar-refractivity contribution in [3.8, 4) is 84.0 Å². The topological polar surface area (TPSA) is 60.7 Å². The largest absolute Gasteiger partial charge is 0.507 e. The van der Waals surface area contributed by atoms with Gasteiger partial charge < -0.3 is 15.3 Å². The predicted octanol–water partition coefficient (Wildman–Crippen LogP) is 20.7. The summed E-state index contributed by atoms with van der Waals surface area (Å²) in [6.07, 6.45) is 0. The third-order valence-electron chi connectivity index (χ3n) is 15.5. The summed E-state index contributed by atoms with van der Waals surface area (Å²) in [4.78, 5) is 0. The van der Waals surface area contributed by atoms with Crippen LogP contribution >= 0.6 is 0 Å². The van der Waals surface area contributed by atoms with Crippen molar-refractivity contribution in [3.05, 3.63) is 309 Å². The van der Waals surface area contributed by atoms with Crippen LogP contribution in [0, 0.1) is 0 Å². The molecular weight excluding hydrogens is 1010 g/mol. The minimum Gasteiger partial charge on any atom is -0.507 e.